The second kappa shape index (κ2) is 7.40. The number of anilines is 1. The molecule has 3 N–H and O–H groups in total. The Balaban J connectivity index is 1.84. The molecule has 3 aromatic carbocycles. The van der Waals surface area contributed by atoms with Crippen LogP contribution in [0.4, 0.5) is 18.9 Å². The van der Waals surface area contributed by atoms with Crippen LogP contribution < -0.4 is 9.86 Å². The van der Waals surface area contributed by atoms with Gasteiger partial charge in [0.25, 0.3) is 10.2 Å². The number of nitrogens with zero attached hydrogens (tertiary/aromatic N) is 2. The van der Waals surface area contributed by atoms with E-state index in [-0.39, 0.29) is 11.4 Å². The van der Waals surface area contributed by atoms with E-state index in [1.54, 1.807) is 6.07 Å². The summed E-state index contributed by atoms with van der Waals surface area (Å²) in [6.45, 7) is 1.96. The minimum atomic E-state index is -4.62. The quantitative estimate of drug-likeness (QED) is 0.479. The summed E-state index contributed by atoms with van der Waals surface area (Å²) in [4.78, 5) is 0. The number of aryl methyl sites for hydroxylation is 1. The third kappa shape index (κ3) is 4.39. The number of hydrogen-bond acceptors (Lipinski definition) is 3. The Labute approximate surface area is 176 Å². The summed E-state index contributed by atoms with van der Waals surface area (Å²) in [5, 5.41) is 10.6. The molecule has 6 nitrogen and oxygen atoms in total. The van der Waals surface area contributed by atoms with Gasteiger partial charge in [0, 0.05) is 11.3 Å². The van der Waals surface area contributed by atoms with Crippen LogP contribution in [0.3, 0.4) is 0 Å². The normalized spacial score (nSPS) is 12.3. The molecule has 160 valence electrons. The summed E-state index contributed by atoms with van der Waals surface area (Å²) in [7, 11) is -3.97. The number of hydrogen-bond donors (Lipinski definition) is 2. The maximum atomic E-state index is 13.4. The van der Waals surface area contributed by atoms with Gasteiger partial charge in [-0.1, -0.05) is 30.3 Å². The van der Waals surface area contributed by atoms with Gasteiger partial charge in [-0.25, -0.2) is 9.82 Å². The lowest BCUT2D eigenvalue weighted by Crippen LogP contribution is -2.21. The number of benzene rings is 3. The lowest BCUT2D eigenvalue weighted by atomic mass is 10.0. The molecule has 0 atom stereocenters. The average molecular weight is 446 g/mol. The highest BCUT2D eigenvalue weighted by Gasteiger charge is 2.35. The van der Waals surface area contributed by atoms with Crippen LogP contribution in [0.15, 0.2) is 66.7 Å². The van der Waals surface area contributed by atoms with Gasteiger partial charge < -0.3 is 0 Å². The molecule has 0 aliphatic heterocycles. The first-order valence-electron chi connectivity index (χ1n) is 9.09. The standard InChI is InChI=1S/C21H17F3N4O2S/c1-13-3-2-4-14-11-15(5-10-18(13)14)19-12-20(21(22,23)24)26-28(19)17-8-6-16(7-9-17)27-31(25,29)30/h2-12,27H,1H3,(H2,25,29,30). The van der Waals surface area contributed by atoms with Crippen molar-refractivity contribution in [3.63, 3.8) is 0 Å². The molecule has 0 bridgehead atoms. The van der Waals surface area contributed by atoms with Gasteiger partial charge in [-0.05, 0) is 59.7 Å². The summed E-state index contributed by atoms with van der Waals surface area (Å²) in [5.41, 5.74) is 1.35. The first-order chi connectivity index (χ1) is 14.5. The van der Waals surface area contributed by atoms with E-state index in [1.165, 1.54) is 28.9 Å². The van der Waals surface area contributed by atoms with E-state index in [2.05, 4.69) is 9.82 Å². The van der Waals surface area contributed by atoms with Gasteiger partial charge in [0.2, 0.25) is 0 Å². The zero-order valence-electron chi connectivity index (χ0n) is 16.2. The maximum Gasteiger partial charge on any atom is 0.435 e. The number of fused-ring (bicyclic) bond motifs is 1. The highest BCUT2D eigenvalue weighted by molar-refractivity contribution is 7.90. The van der Waals surface area contributed by atoms with Crippen LogP contribution in [0.5, 0.6) is 0 Å². The maximum absolute atomic E-state index is 13.4. The van der Waals surface area contributed by atoms with Crippen LogP contribution >= 0.6 is 0 Å². The van der Waals surface area contributed by atoms with Crippen LogP contribution in [0.2, 0.25) is 0 Å². The van der Waals surface area contributed by atoms with E-state index < -0.39 is 22.1 Å². The van der Waals surface area contributed by atoms with Crippen molar-refractivity contribution < 1.29 is 21.6 Å². The highest BCUT2D eigenvalue weighted by Crippen LogP contribution is 2.34. The largest absolute Gasteiger partial charge is 0.435 e. The molecule has 0 saturated heterocycles. The summed E-state index contributed by atoms with van der Waals surface area (Å²) in [6, 6.07) is 17.9. The van der Waals surface area contributed by atoms with Gasteiger partial charge in [0.05, 0.1) is 11.4 Å². The Morgan fingerprint density at radius 1 is 1.00 bits per heavy atom. The van der Waals surface area contributed by atoms with Crippen molar-refractivity contribution in [3.8, 4) is 16.9 Å². The number of nitrogens with two attached hydrogens (primary N) is 1. The molecule has 0 saturated carbocycles. The minimum absolute atomic E-state index is 0.178. The van der Waals surface area contributed by atoms with Crippen LogP contribution in [-0.2, 0) is 16.4 Å². The number of nitrogens with one attached hydrogen (secondary N) is 1. The third-order valence-corrected chi connectivity index (χ3v) is 5.29. The molecule has 0 aliphatic carbocycles. The summed E-state index contributed by atoms with van der Waals surface area (Å²) in [5.74, 6) is 0. The van der Waals surface area contributed by atoms with E-state index in [9.17, 15) is 21.6 Å². The van der Waals surface area contributed by atoms with Gasteiger partial charge in [-0.15, -0.1) is 0 Å². The van der Waals surface area contributed by atoms with Gasteiger partial charge >= 0.3 is 6.18 Å². The zero-order chi connectivity index (χ0) is 22.4. The Hall–Kier alpha value is -3.37. The molecule has 4 rings (SSSR count). The van der Waals surface area contributed by atoms with E-state index >= 15 is 0 Å². The SMILES string of the molecule is Cc1cccc2cc(-c3cc(C(F)(F)F)nn3-c3ccc(NS(N)(=O)=O)cc3)ccc12. The monoisotopic (exact) mass is 446 g/mol. The molecule has 1 aromatic heterocycles. The molecule has 31 heavy (non-hydrogen) atoms. The van der Waals surface area contributed by atoms with Crippen molar-refractivity contribution >= 4 is 26.7 Å². The fourth-order valence-electron chi connectivity index (χ4n) is 3.36. The summed E-state index contributed by atoms with van der Waals surface area (Å²) in [6.07, 6.45) is -4.62. The van der Waals surface area contributed by atoms with Crippen LogP contribution in [0.25, 0.3) is 27.7 Å². The van der Waals surface area contributed by atoms with E-state index in [4.69, 9.17) is 5.14 Å². The lowest BCUT2D eigenvalue weighted by molar-refractivity contribution is -0.141. The lowest BCUT2D eigenvalue weighted by Gasteiger charge is -2.10. The van der Waals surface area contributed by atoms with Crippen molar-refractivity contribution in [3.05, 3.63) is 78.0 Å². The Morgan fingerprint density at radius 2 is 1.71 bits per heavy atom. The molecule has 0 amide bonds. The fourth-order valence-corrected chi connectivity index (χ4v) is 3.83. The molecular weight excluding hydrogens is 429 g/mol. The van der Waals surface area contributed by atoms with E-state index in [0.29, 0.717) is 11.3 Å². The highest BCUT2D eigenvalue weighted by atomic mass is 32.2. The van der Waals surface area contributed by atoms with Gasteiger partial charge in [-0.3, -0.25) is 4.72 Å². The van der Waals surface area contributed by atoms with Gasteiger partial charge in [-0.2, -0.15) is 26.7 Å². The topological polar surface area (TPSA) is 90.0 Å². The predicted octanol–water partition coefficient (Wildman–Crippen LogP) is 4.64. The molecule has 0 aliphatic rings. The number of halogens is 3. The van der Waals surface area contributed by atoms with Crippen LogP contribution in [0.1, 0.15) is 11.3 Å². The van der Waals surface area contributed by atoms with Crippen molar-refractivity contribution in [1.82, 2.24) is 9.78 Å². The molecule has 0 radical (unpaired) electrons. The minimum Gasteiger partial charge on any atom is -0.271 e. The van der Waals surface area contributed by atoms with Crippen LogP contribution in [-0.4, -0.2) is 18.2 Å². The van der Waals surface area contributed by atoms with Gasteiger partial charge in [0.15, 0.2) is 5.69 Å². The number of alkyl halides is 3. The van der Waals surface area contributed by atoms with Gasteiger partial charge in [0.1, 0.15) is 0 Å². The second-order valence-electron chi connectivity index (χ2n) is 7.03. The Bertz CT molecular complexity index is 1380. The van der Waals surface area contributed by atoms with E-state index in [1.807, 2.05) is 37.3 Å². The predicted molar refractivity (Wildman–Crippen MR) is 113 cm³/mol. The molecule has 1 heterocycles. The summed E-state index contributed by atoms with van der Waals surface area (Å²) >= 11 is 0. The summed E-state index contributed by atoms with van der Waals surface area (Å²) < 4.78 is 65.8. The zero-order valence-corrected chi connectivity index (χ0v) is 17.0. The second-order valence-corrected chi connectivity index (χ2v) is 8.32. The number of rotatable bonds is 4. The average Bonchev–Trinajstić information content (AvgIpc) is 3.13. The molecule has 0 spiro atoms. The van der Waals surface area contributed by atoms with Crippen LogP contribution in [0, 0.1) is 6.92 Å². The molecular formula is C21H17F3N4O2S. The third-order valence-electron chi connectivity index (χ3n) is 4.77. The van der Waals surface area contributed by atoms with Crippen molar-refractivity contribution in [2.24, 2.45) is 5.14 Å². The molecule has 0 fully saturated rings. The molecule has 4 aromatic rings. The first-order valence-corrected chi connectivity index (χ1v) is 10.6. The first kappa shape index (κ1) is 20.9. The Kier molecular flexibility index (Phi) is 4.98. The smallest absolute Gasteiger partial charge is 0.271 e. The fraction of sp³-hybridized carbons (Fsp3) is 0.0952. The Morgan fingerprint density at radius 3 is 2.35 bits per heavy atom. The van der Waals surface area contributed by atoms with Crippen molar-refractivity contribution in [2.45, 2.75) is 13.1 Å². The van der Waals surface area contributed by atoms with E-state index in [0.717, 1.165) is 22.4 Å². The van der Waals surface area contributed by atoms with Crippen molar-refractivity contribution in [2.75, 3.05) is 4.72 Å². The van der Waals surface area contributed by atoms with Crippen molar-refractivity contribution in [1.29, 1.82) is 0 Å². The number of aromatic nitrogens is 2. The molecule has 0 unspecified atom stereocenters. The molecule has 10 heteroatoms.